The number of benzene rings is 2. The number of anilines is 1. The van der Waals surface area contributed by atoms with Crippen molar-refractivity contribution in [2.45, 2.75) is 12.8 Å². The van der Waals surface area contributed by atoms with Gasteiger partial charge in [-0.1, -0.05) is 12.1 Å². The van der Waals surface area contributed by atoms with Gasteiger partial charge in [-0.15, -0.1) is 0 Å². The molecule has 4 rings (SSSR count). The van der Waals surface area contributed by atoms with Crippen molar-refractivity contribution in [2.24, 2.45) is 10.7 Å². The summed E-state index contributed by atoms with van der Waals surface area (Å²) in [6.45, 7) is 5.82. The lowest BCUT2D eigenvalue weighted by Crippen LogP contribution is -2.19. The van der Waals surface area contributed by atoms with Gasteiger partial charge in [-0.3, -0.25) is 15.7 Å². The third-order valence-corrected chi connectivity index (χ3v) is 4.66. The summed E-state index contributed by atoms with van der Waals surface area (Å²) in [6, 6.07) is 11.9. The third-order valence-electron chi connectivity index (χ3n) is 4.66. The quantitative estimate of drug-likeness (QED) is 0.564. The molecule has 0 saturated carbocycles. The minimum Gasteiger partial charge on any atom is -0.476 e. The predicted molar refractivity (Wildman–Crippen MR) is 105 cm³/mol. The van der Waals surface area contributed by atoms with Gasteiger partial charge in [0.2, 0.25) is 0 Å². The summed E-state index contributed by atoms with van der Waals surface area (Å²) in [7, 11) is 0. The molecule has 0 aliphatic carbocycles. The van der Waals surface area contributed by atoms with Crippen LogP contribution in [0.3, 0.4) is 0 Å². The van der Waals surface area contributed by atoms with E-state index in [1.807, 2.05) is 36.5 Å². The Hall–Kier alpha value is -2.99. The Morgan fingerprint density at radius 1 is 1.08 bits per heavy atom. The minimum atomic E-state index is 0.104. The van der Waals surface area contributed by atoms with E-state index in [-0.39, 0.29) is 6.73 Å². The van der Waals surface area contributed by atoms with E-state index in [0.29, 0.717) is 11.4 Å². The van der Waals surface area contributed by atoms with Gasteiger partial charge in [-0.05, 0) is 55.0 Å². The molecule has 1 aliphatic heterocycles. The molecular weight excluding hydrogens is 326 g/mol. The summed E-state index contributed by atoms with van der Waals surface area (Å²) in [5.41, 5.74) is 9.98. The zero-order valence-electron chi connectivity index (χ0n) is 14.6. The fraction of sp³-hybridized carbons (Fsp3) is 0.250. The highest BCUT2D eigenvalue weighted by Crippen LogP contribution is 2.33. The van der Waals surface area contributed by atoms with Gasteiger partial charge in [0.15, 0.2) is 0 Å². The van der Waals surface area contributed by atoms with E-state index >= 15 is 0 Å². The number of aliphatic imine (C=N–C) groups is 1. The molecule has 0 amide bonds. The monoisotopic (exact) mass is 347 g/mol. The van der Waals surface area contributed by atoms with Crippen LogP contribution in [-0.2, 0) is 0 Å². The van der Waals surface area contributed by atoms with Gasteiger partial charge in [0.1, 0.15) is 24.0 Å². The number of nitrogens with two attached hydrogens (primary N) is 1. The second-order valence-corrected chi connectivity index (χ2v) is 6.28. The predicted octanol–water partition coefficient (Wildman–Crippen LogP) is 3.52. The van der Waals surface area contributed by atoms with Crippen molar-refractivity contribution in [1.82, 2.24) is 9.97 Å². The highest BCUT2D eigenvalue weighted by atomic mass is 16.5. The Balaban J connectivity index is 1.73. The van der Waals surface area contributed by atoms with E-state index in [9.17, 15) is 0 Å². The summed E-state index contributed by atoms with van der Waals surface area (Å²) in [4.78, 5) is 15.7. The van der Waals surface area contributed by atoms with Crippen LogP contribution >= 0.6 is 0 Å². The van der Waals surface area contributed by atoms with E-state index in [0.717, 1.165) is 41.1 Å². The summed E-state index contributed by atoms with van der Waals surface area (Å²) in [6.07, 6.45) is 4.30. The van der Waals surface area contributed by atoms with Crippen LogP contribution in [-0.4, -0.2) is 36.5 Å². The summed E-state index contributed by atoms with van der Waals surface area (Å²) in [5.74, 6) is 1.58. The number of hydrogen-bond donors (Lipinski definition) is 1. The summed E-state index contributed by atoms with van der Waals surface area (Å²) >= 11 is 0. The van der Waals surface area contributed by atoms with Crippen LogP contribution in [0.1, 0.15) is 12.8 Å². The van der Waals surface area contributed by atoms with Crippen molar-refractivity contribution >= 4 is 29.3 Å². The average molecular weight is 347 g/mol. The molecule has 1 saturated heterocycles. The SMILES string of the molecule is C=Nc1cc(-c2ccc3ncc(N4CCCC4)nc3c2)ccc1OCN. The highest BCUT2D eigenvalue weighted by molar-refractivity contribution is 5.83. The molecule has 0 radical (unpaired) electrons. The molecule has 2 heterocycles. The molecule has 1 fully saturated rings. The van der Waals surface area contributed by atoms with Crippen LogP contribution in [0.4, 0.5) is 11.5 Å². The Labute approximate surface area is 152 Å². The van der Waals surface area contributed by atoms with Crippen molar-refractivity contribution < 1.29 is 4.74 Å². The lowest BCUT2D eigenvalue weighted by Gasteiger charge is -2.16. The maximum atomic E-state index is 5.46. The Bertz CT molecular complexity index is 950. The van der Waals surface area contributed by atoms with Gasteiger partial charge in [0.05, 0.1) is 17.2 Å². The molecule has 6 heteroatoms. The van der Waals surface area contributed by atoms with E-state index in [2.05, 4.69) is 27.7 Å². The maximum absolute atomic E-state index is 5.46. The van der Waals surface area contributed by atoms with Gasteiger partial charge < -0.3 is 9.64 Å². The molecule has 0 bridgehead atoms. The number of hydrogen-bond acceptors (Lipinski definition) is 6. The van der Waals surface area contributed by atoms with Crippen molar-refractivity contribution in [1.29, 1.82) is 0 Å². The molecule has 2 aromatic carbocycles. The van der Waals surface area contributed by atoms with E-state index < -0.39 is 0 Å². The average Bonchev–Trinajstić information content (AvgIpc) is 3.22. The zero-order chi connectivity index (χ0) is 17.9. The standard InChI is InChI=1S/C20H21N5O/c1-22-18-11-15(5-7-19(18)26-13-21)14-4-6-16-17(10-14)24-20(12-23-16)25-8-2-3-9-25/h4-7,10-12H,1-3,8-9,13,21H2. The number of fused-ring (bicyclic) bond motifs is 1. The molecule has 1 aliphatic rings. The minimum absolute atomic E-state index is 0.104. The lowest BCUT2D eigenvalue weighted by molar-refractivity contribution is 0.331. The van der Waals surface area contributed by atoms with Crippen molar-refractivity contribution in [2.75, 3.05) is 24.7 Å². The lowest BCUT2D eigenvalue weighted by atomic mass is 10.0. The zero-order valence-corrected chi connectivity index (χ0v) is 14.6. The fourth-order valence-corrected chi connectivity index (χ4v) is 3.31. The Morgan fingerprint density at radius 3 is 2.62 bits per heavy atom. The number of nitrogens with zero attached hydrogens (tertiary/aromatic N) is 4. The van der Waals surface area contributed by atoms with Gasteiger partial charge in [0, 0.05) is 13.1 Å². The van der Waals surface area contributed by atoms with Crippen molar-refractivity contribution in [3.63, 3.8) is 0 Å². The molecular formula is C20H21N5O. The van der Waals surface area contributed by atoms with Gasteiger partial charge in [0.25, 0.3) is 0 Å². The van der Waals surface area contributed by atoms with E-state index in [4.69, 9.17) is 15.5 Å². The Morgan fingerprint density at radius 2 is 1.85 bits per heavy atom. The van der Waals surface area contributed by atoms with Crippen LogP contribution in [0.25, 0.3) is 22.2 Å². The second kappa shape index (κ2) is 7.09. The van der Waals surface area contributed by atoms with Gasteiger partial charge in [-0.25, -0.2) is 4.98 Å². The first-order chi connectivity index (χ1) is 12.8. The first kappa shape index (κ1) is 16.5. The Kier molecular flexibility index (Phi) is 4.50. The topological polar surface area (TPSA) is 76.6 Å². The first-order valence-electron chi connectivity index (χ1n) is 8.74. The molecule has 26 heavy (non-hydrogen) atoms. The van der Waals surface area contributed by atoms with Crippen molar-refractivity contribution in [3.05, 3.63) is 42.6 Å². The largest absolute Gasteiger partial charge is 0.476 e. The van der Waals surface area contributed by atoms with Crippen LogP contribution < -0.4 is 15.4 Å². The first-order valence-corrected chi connectivity index (χ1v) is 8.74. The number of rotatable bonds is 5. The molecule has 0 unspecified atom stereocenters. The highest BCUT2D eigenvalue weighted by Gasteiger charge is 2.14. The van der Waals surface area contributed by atoms with E-state index in [1.165, 1.54) is 12.8 Å². The molecule has 0 atom stereocenters. The van der Waals surface area contributed by atoms with Gasteiger partial charge in [-0.2, -0.15) is 0 Å². The molecule has 2 N–H and O–H groups in total. The third kappa shape index (κ3) is 3.11. The molecule has 6 nitrogen and oxygen atoms in total. The molecule has 0 spiro atoms. The number of ether oxygens (including phenoxy) is 1. The van der Waals surface area contributed by atoms with E-state index in [1.54, 1.807) is 0 Å². The second-order valence-electron chi connectivity index (χ2n) is 6.28. The molecule has 1 aromatic heterocycles. The van der Waals surface area contributed by atoms with Crippen LogP contribution in [0.2, 0.25) is 0 Å². The summed E-state index contributed by atoms with van der Waals surface area (Å²) in [5, 5.41) is 0. The normalized spacial score (nSPS) is 14.0. The smallest absolute Gasteiger partial charge is 0.147 e. The van der Waals surface area contributed by atoms with Gasteiger partial charge >= 0.3 is 0 Å². The number of aromatic nitrogens is 2. The molecule has 3 aromatic rings. The molecule has 132 valence electrons. The maximum Gasteiger partial charge on any atom is 0.147 e. The van der Waals surface area contributed by atoms with Crippen LogP contribution in [0, 0.1) is 0 Å². The summed E-state index contributed by atoms with van der Waals surface area (Å²) < 4.78 is 5.38. The van der Waals surface area contributed by atoms with Crippen LogP contribution in [0.15, 0.2) is 47.6 Å². The van der Waals surface area contributed by atoms with Crippen LogP contribution in [0.5, 0.6) is 5.75 Å². The fourth-order valence-electron chi connectivity index (χ4n) is 3.31. The van der Waals surface area contributed by atoms with Crippen molar-refractivity contribution in [3.8, 4) is 16.9 Å².